The summed E-state index contributed by atoms with van der Waals surface area (Å²) < 4.78 is 40.9. The normalized spacial score (nSPS) is 26.0. The molecule has 1 aromatic rings. The third kappa shape index (κ3) is 4.03. The SMILES string of the molecule is COc1ccc(C2=NS(=O)(=O)N(C)C(C(=O)N3[C@H](C)CC(C)C[C@@H]3C)=C2)cc1OC. The lowest BCUT2D eigenvalue weighted by Crippen LogP contribution is -2.52. The number of amides is 1. The fraction of sp³-hybridized carbons (Fsp3) is 0.524. The van der Waals surface area contributed by atoms with Crippen LogP contribution in [0.5, 0.6) is 11.5 Å². The number of nitrogens with zero attached hydrogens (tertiary/aromatic N) is 3. The van der Waals surface area contributed by atoms with E-state index in [1.54, 1.807) is 23.1 Å². The third-order valence-electron chi connectivity index (χ3n) is 5.74. The van der Waals surface area contributed by atoms with Gasteiger partial charge in [0.1, 0.15) is 5.70 Å². The van der Waals surface area contributed by atoms with Gasteiger partial charge in [-0.05, 0) is 56.9 Å². The summed E-state index contributed by atoms with van der Waals surface area (Å²) in [5.74, 6) is 1.18. The summed E-state index contributed by atoms with van der Waals surface area (Å²) in [7, 11) is 0.339. The summed E-state index contributed by atoms with van der Waals surface area (Å²) in [6.07, 6.45) is 3.30. The number of allylic oxidation sites excluding steroid dienone is 1. The van der Waals surface area contributed by atoms with E-state index in [9.17, 15) is 13.2 Å². The summed E-state index contributed by atoms with van der Waals surface area (Å²) in [6, 6.07) is 5.05. The zero-order valence-corrected chi connectivity index (χ0v) is 19.1. The zero-order chi connectivity index (χ0) is 22.2. The zero-order valence-electron chi connectivity index (χ0n) is 18.2. The number of likely N-dealkylation sites (tertiary alicyclic amines) is 1. The molecule has 0 spiro atoms. The predicted octanol–water partition coefficient (Wildman–Crippen LogP) is 2.60. The van der Waals surface area contributed by atoms with Crippen molar-refractivity contribution in [2.24, 2.45) is 10.3 Å². The van der Waals surface area contributed by atoms with E-state index < -0.39 is 10.2 Å². The highest BCUT2D eigenvalue weighted by molar-refractivity contribution is 7.88. The van der Waals surface area contributed by atoms with Crippen molar-refractivity contribution in [3.05, 3.63) is 35.5 Å². The van der Waals surface area contributed by atoms with E-state index in [4.69, 9.17) is 9.47 Å². The molecule has 8 nitrogen and oxygen atoms in total. The quantitative estimate of drug-likeness (QED) is 0.725. The van der Waals surface area contributed by atoms with Crippen molar-refractivity contribution in [3.8, 4) is 11.5 Å². The number of hydrogen-bond acceptors (Lipinski definition) is 5. The molecule has 30 heavy (non-hydrogen) atoms. The number of methoxy groups -OCH3 is 2. The van der Waals surface area contributed by atoms with Gasteiger partial charge in [-0.2, -0.15) is 8.42 Å². The van der Waals surface area contributed by atoms with Crippen LogP contribution in [0.2, 0.25) is 0 Å². The van der Waals surface area contributed by atoms with Crippen molar-refractivity contribution in [3.63, 3.8) is 0 Å². The standard InChI is InChI=1S/C21H29N3O5S/c1-13-9-14(2)24(15(3)10-13)21(25)18-12-17(22-30(26,27)23(18)4)16-7-8-19(28-5)20(11-16)29-6/h7-8,11-15H,9-10H2,1-6H3/t13?,14-,15+. The molecule has 164 valence electrons. The highest BCUT2D eigenvalue weighted by Crippen LogP contribution is 2.32. The first-order chi connectivity index (χ1) is 14.1. The van der Waals surface area contributed by atoms with E-state index in [1.165, 1.54) is 27.3 Å². The van der Waals surface area contributed by atoms with Gasteiger partial charge in [0.05, 0.1) is 19.9 Å². The molecule has 3 atom stereocenters. The van der Waals surface area contributed by atoms with Gasteiger partial charge in [-0.15, -0.1) is 4.40 Å². The van der Waals surface area contributed by atoms with Crippen molar-refractivity contribution >= 4 is 21.8 Å². The van der Waals surface area contributed by atoms with Gasteiger partial charge in [-0.3, -0.25) is 4.79 Å². The first-order valence-electron chi connectivity index (χ1n) is 9.94. The van der Waals surface area contributed by atoms with E-state index in [-0.39, 0.29) is 29.4 Å². The predicted molar refractivity (Wildman–Crippen MR) is 115 cm³/mol. The van der Waals surface area contributed by atoms with Crippen molar-refractivity contribution in [1.29, 1.82) is 0 Å². The van der Waals surface area contributed by atoms with Crippen LogP contribution in [0.1, 0.15) is 39.2 Å². The molecule has 1 fully saturated rings. The molecule has 2 aliphatic rings. The van der Waals surface area contributed by atoms with Crippen LogP contribution < -0.4 is 9.47 Å². The molecule has 1 amide bonds. The van der Waals surface area contributed by atoms with Gasteiger partial charge < -0.3 is 14.4 Å². The summed E-state index contributed by atoms with van der Waals surface area (Å²) in [5, 5.41) is 0. The Morgan fingerprint density at radius 2 is 1.67 bits per heavy atom. The second-order valence-electron chi connectivity index (χ2n) is 8.01. The number of rotatable bonds is 4. The number of piperidine rings is 1. The fourth-order valence-corrected chi connectivity index (χ4v) is 5.25. The fourth-order valence-electron chi connectivity index (χ4n) is 4.34. The van der Waals surface area contributed by atoms with Crippen LogP contribution in [0, 0.1) is 5.92 Å². The summed E-state index contributed by atoms with van der Waals surface area (Å²) in [6.45, 7) is 6.18. The number of hydrogen-bond donors (Lipinski definition) is 0. The Kier molecular flexibility index (Phi) is 6.12. The molecule has 0 radical (unpaired) electrons. The molecular weight excluding hydrogens is 406 g/mol. The van der Waals surface area contributed by atoms with E-state index in [0.29, 0.717) is 23.0 Å². The van der Waals surface area contributed by atoms with E-state index in [0.717, 1.165) is 17.1 Å². The van der Waals surface area contributed by atoms with Gasteiger partial charge in [-0.25, -0.2) is 4.31 Å². The molecule has 0 bridgehead atoms. The van der Waals surface area contributed by atoms with Crippen LogP contribution >= 0.6 is 0 Å². The molecule has 0 aromatic heterocycles. The number of likely N-dealkylation sites (N-methyl/N-ethyl adjacent to an activating group) is 1. The highest BCUT2D eigenvalue weighted by Gasteiger charge is 2.38. The number of benzene rings is 1. The van der Waals surface area contributed by atoms with Crippen molar-refractivity contribution in [2.75, 3.05) is 21.3 Å². The third-order valence-corrected chi connectivity index (χ3v) is 7.06. The molecule has 1 saturated heterocycles. The minimum absolute atomic E-state index is 0.0247. The smallest absolute Gasteiger partial charge is 0.345 e. The highest BCUT2D eigenvalue weighted by atomic mass is 32.2. The maximum atomic E-state index is 13.4. The minimum atomic E-state index is -4.04. The van der Waals surface area contributed by atoms with E-state index in [1.807, 2.05) is 13.8 Å². The van der Waals surface area contributed by atoms with Gasteiger partial charge in [0, 0.05) is 24.7 Å². The molecule has 1 aromatic carbocycles. The molecule has 0 aliphatic carbocycles. The van der Waals surface area contributed by atoms with Gasteiger partial charge >= 0.3 is 10.2 Å². The minimum Gasteiger partial charge on any atom is -0.493 e. The molecule has 3 rings (SSSR count). The lowest BCUT2D eigenvalue weighted by molar-refractivity contribution is -0.134. The summed E-state index contributed by atoms with van der Waals surface area (Å²) in [4.78, 5) is 15.2. The number of carbonyl (C=O) groups excluding carboxylic acids is 1. The molecule has 2 heterocycles. The Morgan fingerprint density at radius 3 is 2.23 bits per heavy atom. The van der Waals surface area contributed by atoms with Crippen LogP contribution in [0.25, 0.3) is 0 Å². The lowest BCUT2D eigenvalue weighted by atomic mass is 9.88. The molecule has 1 unspecified atom stereocenters. The van der Waals surface area contributed by atoms with Crippen LogP contribution in [0.15, 0.2) is 34.4 Å². The van der Waals surface area contributed by atoms with E-state index >= 15 is 0 Å². The van der Waals surface area contributed by atoms with Crippen LogP contribution in [0.4, 0.5) is 0 Å². The Hall–Kier alpha value is -2.55. The lowest BCUT2D eigenvalue weighted by Gasteiger charge is -2.43. The van der Waals surface area contributed by atoms with Gasteiger partial charge in [-0.1, -0.05) is 6.92 Å². The molecule has 0 N–H and O–H groups in total. The Bertz CT molecular complexity index is 990. The Balaban J connectivity index is 2.04. The van der Waals surface area contributed by atoms with Crippen molar-refractivity contribution in [1.82, 2.24) is 9.21 Å². The molecule has 0 saturated carbocycles. The van der Waals surface area contributed by atoms with Gasteiger partial charge in [0.2, 0.25) is 0 Å². The summed E-state index contributed by atoms with van der Waals surface area (Å²) >= 11 is 0. The van der Waals surface area contributed by atoms with Crippen LogP contribution in [-0.4, -0.2) is 62.6 Å². The topological polar surface area (TPSA) is 88.5 Å². The summed E-state index contributed by atoms with van der Waals surface area (Å²) in [5.41, 5.74) is 0.786. The molecule has 9 heteroatoms. The number of ether oxygens (including phenoxy) is 2. The second-order valence-corrected chi connectivity index (χ2v) is 9.63. The number of carbonyl (C=O) groups is 1. The second kappa shape index (κ2) is 8.29. The van der Waals surface area contributed by atoms with Gasteiger partial charge in [0.25, 0.3) is 5.91 Å². The van der Waals surface area contributed by atoms with Gasteiger partial charge in [0.15, 0.2) is 11.5 Å². The largest absolute Gasteiger partial charge is 0.493 e. The Labute approximate surface area is 178 Å². The first kappa shape index (κ1) is 22.1. The maximum absolute atomic E-state index is 13.4. The van der Waals surface area contributed by atoms with Crippen LogP contribution in [0.3, 0.4) is 0 Å². The van der Waals surface area contributed by atoms with Crippen molar-refractivity contribution in [2.45, 2.75) is 45.7 Å². The monoisotopic (exact) mass is 435 g/mol. The maximum Gasteiger partial charge on any atom is 0.345 e. The van der Waals surface area contributed by atoms with Crippen LogP contribution in [-0.2, 0) is 15.0 Å². The average Bonchev–Trinajstić information content (AvgIpc) is 2.68. The van der Waals surface area contributed by atoms with E-state index in [2.05, 4.69) is 11.3 Å². The molecule has 2 aliphatic heterocycles. The average molecular weight is 436 g/mol. The molecular formula is C21H29N3O5S. The Morgan fingerprint density at radius 1 is 1.07 bits per heavy atom. The first-order valence-corrected chi connectivity index (χ1v) is 11.3. The van der Waals surface area contributed by atoms with Crippen molar-refractivity contribution < 1.29 is 22.7 Å².